The van der Waals surface area contributed by atoms with Crippen molar-refractivity contribution in [1.82, 2.24) is 10.0 Å². The van der Waals surface area contributed by atoms with E-state index >= 15 is 0 Å². The molecule has 7 heteroatoms. The number of sulfonamides is 1. The summed E-state index contributed by atoms with van der Waals surface area (Å²) in [5, 5.41) is 2.73. The average molecular weight is 368 g/mol. The highest BCUT2D eigenvalue weighted by Gasteiger charge is 2.22. The van der Waals surface area contributed by atoms with Gasteiger partial charge in [0.1, 0.15) is 5.75 Å². The Bertz CT molecular complexity index is 682. The molecule has 0 heterocycles. The van der Waals surface area contributed by atoms with Crippen LogP contribution >= 0.6 is 0 Å². The second-order valence-electron chi connectivity index (χ2n) is 6.52. The standard InChI is InChI=1S/C18H28N2O4S/c1-3-11-19-18(21)13-24-17-10-9-16(12-14(17)2)25(22,23)20-15-7-5-4-6-8-15/h9-10,12,15,20H,3-8,11,13H2,1-2H3,(H,19,21). The second kappa shape index (κ2) is 9.20. The van der Waals surface area contributed by atoms with Gasteiger partial charge >= 0.3 is 0 Å². The zero-order valence-electron chi connectivity index (χ0n) is 15.0. The van der Waals surface area contributed by atoms with Crippen molar-refractivity contribution in [2.45, 2.75) is 63.3 Å². The number of rotatable bonds is 8. The van der Waals surface area contributed by atoms with Gasteiger partial charge in [-0.3, -0.25) is 4.79 Å². The summed E-state index contributed by atoms with van der Waals surface area (Å²) in [7, 11) is -3.53. The molecule has 1 aromatic carbocycles. The molecular formula is C18H28N2O4S. The summed E-state index contributed by atoms with van der Waals surface area (Å²) >= 11 is 0. The van der Waals surface area contributed by atoms with Crippen molar-refractivity contribution in [1.29, 1.82) is 0 Å². The topological polar surface area (TPSA) is 84.5 Å². The van der Waals surface area contributed by atoms with Crippen LogP contribution < -0.4 is 14.8 Å². The van der Waals surface area contributed by atoms with Crippen molar-refractivity contribution in [2.75, 3.05) is 13.2 Å². The molecule has 0 aromatic heterocycles. The Labute approximate surface area is 150 Å². The van der Waals surface area contributed by atoms with Gasteiger partial charge in [0.25, 0.3) is 5.91 Å². The smallest absolute Gasteiger partial charge is 0.257 e. The molecule has 1 aliphatic rings. The van der Waals surface area contributed by atoms with E-state index in [1.54, 1.807) is 19.1 Å². The van der Waals surface area contributed by atoms with E-state index in [4.69, 9.17) is 4.74 Å². The number of amides is 1. The van der Waals surface area contributed by atoms with Crippen molar-refractivity contribution in [3.05, 3.63) is 23.8 Å². The summed E-state index contributed by atoms with van der Waals surface area (Å²) in [6, 6.07) is 4.75. The summed E-state index contributed by atoms with van der Waals surface area (Å²) < 4.78 is 33.3. The normalized spacial score (nSPS) is 15.8. The first-order chi connectivity index (χ1) is 11.9. The maximum Gasteiger partial charge on any atom is 0.257 e. The molecule has 0 aliphatic heterocycles. The lowest BCUT2D eigenvalue weighted by Crippen LogP contribution is -2.36. The van der Waals surface area contributed by atoms with Gasteiger partial charge in [0.2, 0.25) is 10.0 Å². The molecule has 0 saturated heterocycles. The predicted octanol–water partition coefficient (Wildman–Crippen LogP) is 2.51. The first kappa shape index (κ1) is 19.7. The van der Waals surface area contributed by atoms with Crippen LogP contribution in [0.4, 0.5) is 0 Å². The van der Waals surface area contributed by atoms with E-state index in [0.717, 1.165) is 32.1 Å². The first-order valence-corrected chi connectivity index (χ1v) is 10.4. The third kappa shape index (κ3) is 6.01. The molecule has 1 amide bonds. The molecule has 1 aromatic rings. The van der Waals surface area contributed by atoms with Crippen LogP contribution in [0.25, 0.3) is 0 Å². The van der Waals surface area contributed by atoms with E-state index in [0.29, 0.717) is 17.9 Å². The largest absolute Gasteiger partial charge is 0.484 e. The Morgan fingerprint density at radius 1 is 1.24 bits per heavy atom. The van der Waals surface area contributed by atoms with Crippen LogP contribution in [0.5, 0.6) is 5.75 Å². The summed E-state index contributed by atoms with van der Waals surface area (Å²) in [4.78, 5) is 11.8. The number of ether oxygens (including phenoxy) is 1. The highest BCUT2D eigenvalue weighted by Crippen LogP contribution is 2.24. The van der Waals surface area contributed by atoms with Crippen LogP contribution in [-0.4, -0.2) is 33.5 Å². The molecule has 0 bridgehead atoms. The number of carbonyl (C=O) groups is 1. The quantitative estimate of drug-likeness (QED) is 0.738. The molecule has 1 saturated carbocycles. The van der Waals surface area contributed by atoms with Crippen molar-refractivity contribution >= 4 is 15.9 Å². The molecule has 6 nitrogen and oxygen atoms in total. The maximum atomic E-state index is 12.5. The lowest BCUT2D eigenvalue weighted by Gasteiger charge is -2.22. The van der Waals surface area contributed by atoms with Crippen molar-refractivity contribution in [3.8, 4) is 5.75 Å². The third-order valence-corrected chi connectivity index (χ3v) is 5.83. The minimum absolute atomic E-state index is 0.0252. The number of aryl methyl sites for hydroxylation is 1. The van der Waals surface area contributed by atoms with E-state index < -0.39 is 10.0 Å². The average Bonchev–Trinajstić information content (AvgIpc) is 2.59. The van der Waals surface area contributed by atoms with Gasteiger partial charge in [-0.1, -0.05) is 26.2 Å². The molecule has 25 heavy (non-hydrogen) atoms. The van der Waals surface area contributed by atoms with Crippen LogP contribution in [0.2, 0.25) is 0 Å². The molecule has 2 rings (SSSR count). The van der Waals surface area contributed by atoms with Crippen LogP contribution in [0.1, 0.15) is 51.0 Å². The van der Waals surface area contributed by atoms with Crippen molar-refractivity contribution in [3.63, 3.8) is 0 Å². The molecule has 140 valence electrons. The summed E-state index contributed by atoms with van der Waals surface area (Å²) in [5.74, 6) is 0.333. The zero-order chi connectivity index (χ0) is 18.3. The molecule has 0 atom stereocenters. The van der Waals surface area contributed by atoms with Crippen LogP contribution in [0, 0.1) is 6.92 Å². The second-order valence-corrected chi connectivity index (χ2v) is 8.24. The fourth-order valence-corrected chi connectivity index (χ4v) is 4.31. The molecular weight excluding hydrogens is 340 g/mol. The lowest BCUT2D eigenvalue weighted by molar-refractivity contribution is -0.123. The molecule has 2 N–H and O–H groups in total. The number of carbonyl (C=O) groups excluding carboxylic acids is 1. The fourth-order valence-electron chi connectivity index (χ4n) is 2.92. The van der Waals surface area contributed by atoms with Gasteiger partial charge < -0.3 is 10.1 Å². The van der Waals surface area contributed by atoms with E-state index in [1.165, 1.54) is 12.5 Å². The summed E-state index contributed by atoms with van der Waals surface area (Å²) in [6.45, 7) is 4.29. The van der Waals surface area contributed by atoms with E-state index in [1.807, 2.05) is 6.92 Å². The van der Waals surface area contributed by atoms with Crippen LogP contribution in [0.3, 0.4) is 0 Å². The predicted molar refractivity (Wildman–Crippen MR) is 97.2 cm³/mol. The fraction of sp³-hybridized carbons (Fsp3) is 0.611. The van der Waals surface area contributed by atoms with Crippen molar-refractivity contribution in [2.24, 2.45) is 0 Å². The monoisotopic (exact) mass is 368 g/mol. The molecule has 0 spiro atoms. The van der Waals surface area contributed by atoms with Gasteiger partial charge in [-0.15, -0.1) is 0 Å². The molecule has 0 unspecified atom stereocenters. The van der Waals surface area contributed by atoms with Gasteiger partial charge in [-0.25, -0.2) is 13.1 Å². The molecule has 1 fully saturated rings. The number of hydrogen-bond donors (Lipinski definition) is 2. The Hall–Kier alpha value is -1.60. The summed E-state index contributed by atoms with van der Waals surface area (Å²) in [5.41, 5.74) is 0.690. The number of hydrogen-bond acceptors (Lipinski definition) is 4. The number of benzene rings is 1. The van der Waals surface area contributed by atoms with Crippen LogP contribution in [0.15, 0.2) is 23.1 Å². The van der Waals surface area contributed by atoms with Gasteiger partial charge in [0, 0.05) is 12.6 Å². The van der Waals surface area contributed by atoms with Gasteiger partial charge in [-0.2, -0.15) is 0 Å². The van der Waals surface area contributed by atoms with E-state index in [9.17, 15) is 13.2 Å². The Kier molecular flexibility index (Phi) is 7.25. The minimum Gasteiger partial charge on any atom is -0.484 e. The molecule has 1 aliphatic carbocycles. The van der Waals surface area contributed by atoms with E-state index in [-0.39, 0.29) is 23.5 Å². The van der Waals surface area contributed by atoms with Crippen LogP contribution in [-0.2, 0) is 14.8 Å². The maximum absolute atomic E-state index is 12.5. The lowest BCUT2D eigenvalue weighted by atomic mass is 9.96. The Balaban J connectivity index is 1.98. The third-order valence-electron chi connectivity index (χ3n) is 4.31. The highest BCUT2D eigenvalue weighted by atomic mass is 32.2. The van der Waals surface area contributed by atoms with E-state index in [2.05, 4.69) is 10.0 Å². The first-order valence-electron chi connectivity index (χ1n) is 8.95. The van der Waals surface area contributed by atoms with Crippen molar-refractivity contribution < 1.29 is 17.9 Å². The minimum atomic E-state index is -3.53. The van der Waals surface area contributed by atoms with Gasteiger partial charge in [-0.05, 0) is 49.9 Å². The highest BCUT2D eigenvalue weighted by molar-refractivity contribution is 7.89. The Morgan fingerprint density at radius 3 is 2.60 bits per heavy atom. The SMILES string of the molecule is CCCNC(=O)COc1ccc(S(=O)(=O)NC2CCCCC2)cc1C. The Morgan fingerprint density at radius 2 is 1.96 bits per heavy atom. The van der Waals surface area contributed by atoms with Gasteiger partial charge in [0.05, 0.1) is 4.90 Å². The number of nitrogens with one attached hydrogen (secondary N) is 2. The zero-order valence-corrected chi connectivity index (χ0v) is 15.8. The van der Waals surface area contributed by atoms with Gasteiger partial charge in [0.15, 0.2) is 6.61 Å². The molecule has 0 radical (unpaired) electrons. The summed E-state index contributed by atoms with van der Waals surface area (Å²) in [6.07, 6.45) is 5.97.